The van der Waals surface area contributed by atoms with Crippen molar-refractivity contribution in [3.8, 4) is 17.2 Å². The van der Waals surface area contributed by atoms with Gasteiger partial charge < -0.3 is 18.9 Å². The van der Waals surface area contributed by atoms with Gasteiger partial charge in [0.05, 0.1) is 26.3 Å². The first-order valence-corrected chi connectivity index (χ1v) is 6.21. The standard InChI is InChI=1S/C14H17NO7/c1-9(16)22-8-11(15(17)18)5-10-6-12(19-2)14(21-4)13(7-10)20-3/h5-7H,8H2,1-4H3. The van der Waals surface area contributed by atoms with Crippen LogP contribution in [0.15, 0.2) is 17.8 Å². The zero-order valence-electron chi connectivity index (χ0n) is 12.7. The number of ether oxygens (including phenoxy) is 4. The van der Waals surface area contributed by atoms with E-state index in [1.165, 1.54) is 34.3 Å². The summed E-state index contributed by atoms with van der Waals surface area (Å²) >= 11 is 0. The Morgan fingerprint density at radius 2 is 1.73 bits per heavy atom. The van der Waals surface area contributed by atoms with Crippen LogP contribution in [0.1, 0.15) is 12.5 Å². The number of methoxy groups -OCH3 is 3. The fraction of sp³-hybridized carbons (Fsp3) is 0.357. The summed E-state index contributed by atoms with van der Waals surface area (Å²) in [6, 6.07) is 3.11. The van der Waals surface area contributed by atoms with E-state index in [0.717, 1.165) is 0 Å². The summed E-state index contributed by atoms with van der Waals surface area (Å²) in [5.41, 5.74) is 0.179. The second kappa shape index (κ2) is 7.87. The summed E-state index contributed by atoms with van der Waals surface area (Å²) < 4.78 is 20.2. The van der Waals surface area contributed by atoms with Gasteiger partial charge in [-0.3, -0.25) is 14.9 Å². The molecule has 0 heterocycles. The number of esters is 1. The van der Waals surface area contributed by atoms with Crippen LogP contribution in [0.25, 0.3) is 6.08 Å². The van der Waals surface area contributed by atoms with Gasteiger partial charge in [-0.2, -0.15) is 0 Å². The zero-order valence-corrected chi connectivity index (χ0v) is 12.7. The van der Waals surface area contributed by atoms with Gasteiger partial charge in [0.25, 0.3) is 5.70 Å². The van der Waals surface area contributed by atoms with E-state index in [2.05, 4.69) is 4.74 Å². The van der Waals surface area contributed by atoms with Crippen molar-refractivity contribution in [3.63, 3.8) is 0 Å². The molecule has 0 N–H and O–H groups in total. The molecule has 0 aliphatic heterocycles. The Morgan fingerprint density at radius 1 is 1.18 bits per heavy atom. The highest BCUT2D eigenvalue weighted by molar-refractivity contribution is 5.67. The van der Waals surface area contributed by atoms with E-state index < -0.39 is 17.5 Å². The monoisotopic (exact) mass is 311 g/mol. The van der Waals surface area contributed by atoms with Gasteiger partial charge in [0.2, 0.25) is 5.75 Å². The summed E-state index contributed by atoms with van der Waals surface area (Å²) in [6.45, 7) is 0.746. The highest BCUT2D eigenvalue weighted by Crippen LogP contribution is 2.38. The fourth-order valence-electron chi connectivity index (χ4n) is 1.70. The van der Waals surface area contributed by atoms with E-state index in [1.54, 1.807) is 12.1 Å². The van der Waals surface area contributed by atoms with Crippen LogP contribution in [0, 0.1) is 10.1 Å². The minimum Gasteiger partial charge on any atom is -0.493 e. The second-order valence-electron chi connectivity index (χ2n) is 4.13. The molecule has 0 bridgehead atoms. The van der Waals surface area contributed by atoms with Crippen molar-refractivity contribution in [3.05, 3.63) is 33.5 Å². The van der Waals surface area contributed by atoms with Crippen LogP contribution in [0.4, 0.5) is 0 Å². The fourth-order valence-corrected chi connectivity index (χ4v) is 1.70. The highest BCUT2D eigenvalue weighted by atomic mass is 16.6. The average Bonchev–Trinajstić information content (AvgIpc) is 2.49. The number of hydrogen-bond acceptors (Lipinski definition) is 7. The molecule has 8 heteroatoms. The van der Waals surface area contributed by atoms with Gasteiger partial charge in [0, 0.05) is 13.0 Å². The number of nitro groups is 1. The summed E-state index contributed by atoms with van der Waals surface area (Å²) in [7, 11) is 4.34. The summed E-state index contributed by atoms with van der Waals surface area (Å²) in [5, 5.41) is 11.0. The van der Waals surface area contributed by atoms with Crippen molar-refractivity contribution in [1.82, 2.24) is 0 Å². The predicted octanol–water partition coefficient (Wildman–Crippen LogP) is 1.89. The minimum absolute atomic E-state index is 0.274. The summed E-state index contributed by atoms with van der Waals surface area (Å²) in [5.74, 6) is 0.508. The molecule has 1 aromatic carbocycles. The first-order valence-electron chi connectivity index (χ1n) is 6.21. The number of nitrogens with zero attached hydrogens (tertiary/aromatic N) is 1. The van der Waals surface area contributed by atoms with Crippen LogP contribution >= 0.6 is 0 Å². The SMILES string of the molecule is COc1cc(C=C(COC(C)=O)[N+](=O)[O-])cc(OC)c1OC. The maximum atomic E-state index is 11.0. The maximum Gasteiger partial charge on any atom is 0.303 e. The van der Waals surface area contributed by atoms with Crippen LogP contribution in [0.2, 0.25) is 0 Å². The molecule has 8 nitrogen and oxygen atoms in total. The van der Waals surface area contributed by atoms with Gasteiger partial charge in [-0.1, -0.05) is 0 Å². The Hall–Kier alpha value is -2.77. The van der Waals surface area contributed by atoms with Crippen LogP contribution in [0.5, 0.6) is 17.2 Å². The van der Waals surface area contributed by atoms with Gasteiger partial charge in [-0.05, 0) is 17.7 Å². The third kappa shape index (κ3) is 4.37. The molecule has 0 saturated carbocycles. The Bertz CT molecular complexity index is 570. The van der Waals surface area contributed by atoms with Crippen LogP contribution in [-0.2, 0) is 9.53 Å². The molecule has 0 amide bonds. The van der Waals surface area contributed by atoms with Gasteiger partial charge in [-0.15, -0.1) is 0 Å². The van der Waals surface area contributed by atoms with E-state index in [9.17, 15) is 14.9 Å². The topological polar surface area (TPSA) is 97.1 Å². The summed E-state index contributed by atoms with van der Waals surface area (Å²) in [4.78, 5) is 21.2. The van der Waals surface area contributed by atoms with E-state index in [4.69, 9.17) is 14.2 Å². The Kier molecular flexibility index (Phi) is 6.18. The average molecular weight is 311 g/mol. The van der Waals surface area contributed by atoms with Crippen molar-refractivity contribution >= 4 is 12.0 Å². The molecule has 0 radical (unpaired) electrons. The van der Waals surface area contributed by atoms with Crippen molar-refractivity contribution in [2.45, 2.75) is 6.92 Å². The lowest BCUT2D eigenvalue weighted by Crippen LogP contribution is -2.09. The minimum atomic E-state index is -0.619. The molecule has 120 valence electrons. The molecule has 0 fully saturated rings. The molecule has 0 saturated heterocycles. The number of benzene rings is 1. The maximum absolute atomic E-state index is 11.0. The molecule has 0 aliphatic carbocycles. The van der Waals surface area contributed by atoms with E-state index in [1.807, 2.05) is 0 Å². The largest absolute Gasteiger partial charge is 0.493 e. The molecule has 0 aliphatic rings. The van der Waals surface area contributed by atoms with Crippen molar-refractivity contribution in [1.29, 1.82) is 0 Å². The molecule has 0 unspecified atom stereocenters. The van der Waals surface area contributed by atoms with Crippen molar-refractivity contribution in [2.75, 3.05) is 27.9 Å². The Balaban J connectivity index is 3.25. The quantitative estimate of drug-likeness (QED) is 0.431. The Morgan fingerprint density at radius 3 is 2.09 bits per heavy atom. The summed E-state index contributed by atoms with van der Waals surface area (Å²) in [6.07, 6.45) is 1.27. The van der Waals surface area contributed by atoms with Crippen LogP contribution in [-0.4, -0.2) is 38.8 Å². The van der Waals surface area contributed by atoms with Crippen molar-refractivity contribution < 1.29 is 28.7 Å². The lowest BCUT2D eigenvalue weighted by molar-refractivity contribution is -0.428. The van der Waals surface area contributed by atoms with E-state index in [-0.39, 0.29) is 5.70 Å². The Labute approximate surface area is 127 Å². The van der Waals surface area contributed by atoms with Crippen LogP contribution in [0.3, 0.4) is 0 Å². The van der Waals surface area contributed by atoms with Gasteiger partial charge in [-0.25, -0.2) is 0 Å². The molecular weight excluding hydrogens is 294 g/mol. The molecule has 1 aromatic rings. The third-order valence-electron chi connectivity index (χ3n) is 2.68. The normalized spacial score (nSPS) is 10.8. The van der Waals surface area contributed by atoms with E-state index in [0.29, 0.717) is 22.8 Å². The number of carbonyl (C=O) groups is 1. The predicted molar refractivity (Wildman–Crippen MR) is 77.7 cm³/mol. The molecule has 0 aromatic heterocycles. The number of hydrogen-bond donors (Lipinski definition) is 0. The van der Waals surface area contributed by atoms with Gasteiger partial charge >= 0.3 is 5.97 Å². The smallest absolute Gasteiger partial charge is 0.303 e. The lowest BCUT2D eigenvalue weighted by Gasteiger charge is -2.12. The highest BCUT2D eigenvalue weighted by Gasteiger charge is 2.16. The van der Waals surface area contributed by atoms with Crippen LogP contribution < -0.4 is 14.2 Å². The molecule has 0 spiro atoms. The second-order valence-corrected chi connectivity index (χ2v) is 4.13. The zero-order chi connectivity index (χ0) is 16.7. The molecule has 1 rings (SSSR count). The van der Waals surface area contributed by atoms with E-state index >= 15 is 0 Å². The van der Waals surface area contributed by atoms with Crippen molar-refractivity contribution in [2.24, 2.45) is 0 Å². The molecule has 0 atom stereocenters. The lowest BCUT2D eigenvalue weighted by atomic mass is 10.1. The molecular formula is C14H17NO7. The molecule has 22 heavy (non-hydrogen) atoms. The van der Waals surface area contributed by atoms with Gasteiger partial charge in [0.1, 0.15) is 0 Å². The number of carbonyl (C=O) groups excluding carboxylic acids is 1. The van der Waals surface area contributed by atoms with Gasteiger partial charge in [0.15, 0.2) is 18.1 Å². The first-order chi connectivity index (χ1) is 10.4. The number of rotatable bonds is 7. The third-order valence-corrected chi connectivity index (χ3v) is 2.68. The first kappa shape index (κ1) is 17.3.